The maximum atomic E-state index is 13.5. The fourth-order valence-corrected chi connectivity index (χ4v) is 6.48. The third kappa shape index (κ3) is 4.19. The average molecular weight is 463 g/mol. The maximum absolute atomic E-state index is 13.5. The highest BCUT2D eigenvalue weighted by atomic mass is 35.5. The Labute approximate surface area is 188 Å². The molecule has 2 aromatic rings. The monoisotopic (exact) mass is 462 g/mol. The van der Waals surface area contributed by atoms with Gasteiger partial charge in [-0.15, -0.1) is 0 Å². The van der Waals surface area contributed by atoms with Gasteiger partial charge in [-0.25, -0.2) is 8.42 Å². The molecule has 0 N–H and O–H groups in total. The maximum Gasteiger partial charge on any atom is 0.246 e. The van der Waals surface area contributed by atoms with E-state index in [1.54, 1.807) is 19.1 Å². The van der Waals surface area contributed by atoms with Crippen LogP contribution in [0.4, 0.5) is 5.69 Å². The molecule has 1 fully saturated rings. The summed E-state index contributed by atoms with van der Waals surface area (Å²) < 4.78 is 33.8. The lowest BCUT2D eigenvalue weighted by atomic mass is 9.97. The van der Waals surface area contributed by atoms with Gasteiger partial charge >= 0.3 is 0 Å². The second-order valence-electron chi connectivity index (χ2n) is 8.12. The van der Waals surface area contributed by atoms with Gasteiger partial charge in [0.2, 0.25) is 15.9 Å². The summed E-state index contributed by atoms with van der Waals surface area (Å²) in [5.41, 5.74) is 2.09. The molecule has 2 aliphatic rings. The number of rotatable bonds is 5. The first kappa shape index (κ1) is 22.1. The van der Waals surface area contributed by atoms with Crippen molar-refractivity contribution in [3.8, 4) is 5.75 Å². The molecule has 166 valence electrons. The highest BCUT2D eigenvalue weighted by Crippen LogP contribution is 2.36. The summed E-state index contributed by atoms with van der Waals surface area (Å²) in [6, 6.07) is 12.6. The molecule has 0 radical (unpaired) electrons. The Morgan fingerprint density at radius 2 is 2.00 bits per heavy atom. The smallest absolute Gasteiger partial charge is 0.246 e. The van der Waals surface area contributed by atoms with E-state index in [1.807, 2.05) is 36.1 Å². The van der Waals surface area contributed by atoms with Crippen molar-refractivity contribution >= 4 is 33.2 Å². The van der Waals surface area contributed by atoms with Gasteiger partial charge in [-0.2, -0.15) is 4.31 Å². The minimum atomic E-state index is -3.85. The Balaban J connectivity index is 1.59. The largest absolute Gasteiger partial charge is 0.492 e. The molecule has 0 saturated carbocycles. The van der Waals surface area contributed by atoms with Crippen LogP contribution in [0.25, 0.3) is 0 Å². The van der Waals surface area contributed by atoms with Crippen molar-refractivity contribution in [1.82, 2.24) is 4.31 Å². The molecule has 2 aliphatic heterocycles. The summed E-state index contributed by atoms with van der Waals surface area (Å²) >= 11 is 6.09. The number of hydrogen-bond donors (Lipinski definition) is 0. The molecule has 2 atom stereocenters. The van der Waals surface area contributed by atoms with Gasteiger partial charge in [0.15, 0.2) is 0 Å². The number of fused-ring (bicyclic) bond motifs is 1. The minimum absolute atomic E-state index is 0.00604. The molecule has 2 aromatic carbocycles. The van der Waals surface area contributed by atoms with E-state index in [9.17, 15) is 13.2 Å². The highest BCUT2D eigenvalue weighted by Gasteiger charge is 2.39. The van der Waals surface area contributed by atoms with Gasteiger partial charge in [0.25, 0.3) is 0 Å². The first-order valence-corrected chi connectivity index (χ1v) is 12.5. The number of ether oxygens (including phenoxy) is 1. The molecular weight excluding hydrogens is 436 g/mol. The molecule has 31 heavy (non-hydrogen) atoms. The van der Waals surface area contributed by atoms with Gasteiger partial charge in [0.05, 0.1) is 12.5 Å². The van der Waals surface area contributed by atoms with Gasteiger partial charge in [0.1, 0.15) is 10.6 Å². The topological polar surface area (TPSA) is 66.9 Å². The van der Waals surface area contributed by atoms with Crippen LogP contribution in [0.2, 0.25) is 5.02 Å². The van der Waals surface area contributed by atoms with Crippen molar-refractivity contribution in [2.45, 2.75) is 44.0 Å². The summed E-state index contributed by atoms with van der Waals surface area (Å²) in [6.45, 7) is 4.71. The lowest BCUT2D eigenvalue weighted by molar-refractivity contribution is -0.123. The van der Waals surface area contributed by atoms with Crippen molar-refractivity contribution in [3.05, 3.63) is 53.1 Å². The zero-order valence-electron chi connectivity index (χ0n) is 17.8. The van der Waals surface area contributed by atoms with Crippen LogP contribution in [0.15, 0.2) is 47.4 Å². The summed E-state index contributed by atoms with van der Waals surface area (Å²) in [5, 5.41) is 0.328. The number of sulfonamides is 1. The van der Waals surface area contributed by atoms with Crippen molar-refractivity contribution < 1.29 is 17.9 Å². The summed E-state index contributed by atoms with van der Waals surface area (Å²) in [7, 11) is -3.85. The van der Waals surface area contributed by atoms with Crippen molar-refractivity contribution in [2.75, 3.05) is 24.6 Å². The standard InChI is InChI=1S/C23H27ClN2O4S/c1-3-30-21-11-10-19(24)14-22(21)31(28,29)25-12-6-8-18(15-25)23(27)26-16(2)13-17-7-4-5-9-20(17)26/h4-5,7,9-11,14,16,18H,3,6,8,12-13,15H2,1-2H3/t16-,18-/m1/s1. The number of anilines is 1. The van der Waals surface area contributed by atoms with Gasteiger partial charge < -0.3 is 9.64 Å². The summed E-state index contributed by atoms with van der Waals surface area (Å²) in [4.78, 5) is 15.4. The molecule has 0 spiro atoms. The quantitative estimate of drug-likeness (QED) is 0.670. The molecule has 8 heteroatoms. The molecule has 0 bridgehead atoms. The molecule has 0 unspecified atom stereocenters. The van der Waals surface area contributed by atoms with E-state index in [2.05, 4.69) is 0 Å². The van der Waals surface area contributed by atoms with Crippen molar-refractivity contribution in [2.24, 2.45) is 5.92 Å². The second kappa shape index (κ2) is 8.81. The minimum Gasteiger partial charge on any atom is -0.492 e. The Kier molecular flexibility index (Phi) is 6.28. The van der Waals surface area contributed by atoms with Gasteiger partial charge in [-0.3, -0.25) is 4.79 Å². The number of amides is 1. The molecule has 0 aromatic heterocycles. The molecular formula is C23H27ClN2O4S. The van der Waals surface area contributed by atoms with Crippen molar-refractivity contribution in [3.63, 3.8) is 0 Å². The molecule has 6 nitrogen and oxygen atoms in total. The van der Waals surface area contributed by atoms with Crippen LogP contribution in [-0.2, 0) is 21.2 Å². The molecule has 4 rings (SSSR count). The number of carbonyl (C=O) groups excluding carboxylic acids is 1. The number of carbonyl (C=O) groups is 1. The fraction of sp³-hybridized carbons (Fsp3) is 0.435. The van der Waals surface area contributed by atoms with Crippen LogP contribution >= 0.6 is 11.6 Å². The lowest BCUT2D eigenvalue weighted by Gasteiger charge is -2.34. The zero-order valence-corrected chi connectivity index (χ0v) is 19.3. The Morgan fingerprint density at radius 3 is 2.77 bits per heavy atom. The van der Waals surface area contributed by atoms with Crippen molar-refractivity contribution in [1.29, 1.82) is 0 Å². The third-order valence-electron chi connectivity index (χ3n) is 6.00. The van der Waals surface area contributed by atoms with E-state index in [-0.39, 0.29) is 35.1 Å². The fourth-order valence-electron chi connectivity index (χ4n) is 4.56. The molecule has 1 amide bonds. The van der Waals surface area contributed by atoms with Gasteiger partial charge in [-0.1, -0.05) is 29.8 Å². The predicted molar refractivity (Wildman–Crippen MR) is 121 cm³/mol. The van der Waals surface area contributed by atoms with E-state index >= 15 is 0 Å². The Bertz CT molecular complexity index is 1090. The molecule has 2 heterocycles. The van der Waals surface area contributed by atoms with E-state index in [0.717, 1.165) is 17.7 Å². The van der Waals surface area contributed by atoms with Crippen LogP contribution in [0.1, 0.15) is 32.3 Å². The number of hydrogen-bond acceptors (Lipinski definition) is 4. The highest BCUT2D eigenvalue weighted by molar-refractivity contribution is 7.89. The van der Waals surface area contributed by atoms with E-state index in [1.165, 1.54) is 10.4 Å². The van der Waals surface area contributed by atoms with Crippen LogP contribution in [0, 0.1) is 5.92 Å². The van der Waals surface area contributed by atoms with E-state index in [4.69, 9.17) is 16.3 Å². The van der Waals surface area contributed by atoms with Crippen LogP contribution in [0.3, 0.4) is 0 Å². The summed E-state index contributed by atoms with van der Waals surface area (Å²) in [6.07, 6.45) is 2.12. The van der Waals surface area contributed by atoms with Crippen LogP contribution < -0.4 is 9.64 Å². The molecule has 0 aliphatic carbocycles. The van der Waals surface area contributed by atoms with Gasteiger partial charge in [0, 0.05) is 29.8 Å². The number of para-hydroxylation sites is 1. The SMILES string of the molecule is CCOc1ccc(Cl)cc1S(=O)(=O)N1CCC[C@@H](C(=O)N2c3ccccc3C[C@H]2C)C1. The first-order valence-electron chi connectivity index (χ1n) is 10.7. The average Bonchev–Trinajstić information content (AvgIpc) is 3.10. The first-order chi connectivity index (χ1) is 14.8. The van der Waals surface area contributed by atoms with Gasteiger partial charge in [-0.05, 0) is 62.9 Å². The third-order valence-corrected chi connectivity index (χ3v) is 8.12. The Morgan fingerprint density at radius 1 is 1.23 bits per heavy atom. The zero-order chi connectivity index (χ0) is 22.2. The molecule has 1 saturated heterocycles. The number of nitrogens with zero attached hydrogens (tertiary/aromatic N) is 2. The van der Waals surface area contributed by atoms with Crippen LogP contribution in [0.5, 0.6) is 5.75 Å². The second-order valence-corrected chi connectivity index (χ2v) is 10.5. The summed E-state index contributed by atoms with van der Waals surface area (Å²) in [5.74, 6) is -0.109. The number of benzene rings is 2. The number of piperidine rings is 1. The lowest BCUT2D eigenvalue weighted by Crippen LogP contribution is -2.48. The van der Waals surface area contributed by atoms with E-state index in [0.29, 0.717) is 31.0 Å². The van der Waals surface area contributed by atoms with E-state index < -0.39 is 10.0 Å². The Hall–Kier alpha value is -2.09. The normalized spacial score (nSPS) is 21.7. The van der Waals surface area contributed by atoms with Crippen LogP contribution in [-0.4, -0.2) is 44.4 Å². The predicted octanol–water partition coefficient (Wildman–Crippen LogP) is 4.12. The number of halogens is 1.